The van der Waals surface area contributed by atoms with Crippen LogP contribution in [0.1, 0.15) is 26.0 Å². The number of benzene rings is 1. The summed E-state index contributed by atoms with van der Waals surface area (Å²) in [4.78, 5) is 9.25. The average molecular weight is 436 g/mol. The average Bonchev–Trinajstić information content (AvgIpc) is 2.48. The summed E-state index contributed by atoms with van der Waals surface area (Å²) >= 11 is 14.6. The normalized spacial score (nSPS) is 10.7. The zero-order chi connectivity index (χ0) is 15.4. The molecule has 112 valence electrons. The molecule has 0 atom stereocenters. The van der Waals surface area contributed by atoms with Gasteiger partial charge in [0.25, 0.3) is 0 Å². The van der Waals surface area contributed by atoms with Crippen LogP contribution in [0, 0.1) is 3.57 Å². The molecule has 3 nitrogen and oxygen atoms in total. The molecule has 0 fully saturated rings. The van der Waals surface area contributed by atoms with Crippen molar-refractivity contribution in [2.45, 2.75) is 26.7 Å². The third kappa shape index (κ3) is 3.99. The van der Waals surface area contributed by atoms with E-state index in [9.17, 15) is 0 Å². The number of hydrogen-bond donors (Lipinski definition) is 1. The SMILES string of the molecule is CCCNc1nc(-c2cc(Cl)ccc2Cl)nc(CC)c1I. The van der Waals surface area contributed by atoms with Gasteiger partial charge in [-0.2, -0.15) is 0 Å². The Morgan fingerprint density at radius 2 is 1.95 bits per heavy atom. The molecule has 0 bridgehead atoms. The Bertz CT molecular complexity index is 647. The van der Waals surface area contributed by atoms with Gasteiger partial charge in [-0.25, -0.2) is 9.97 Å². The van der Waals surface area contributed by atoms with Crippen LogP contribution in [0.4, 0.5) is 5.82 Å². The van der Waals surface area contributed by atoms with Crippen molar-refractivity contribution < 1.29 is 0 Å². The molecule has 0 spiro atoms. The lowest BCUT2D eigenvalue weighted by Gasteiger charge is -2.13. The first-order valence-corrected chi connectivity index (χ1v) is 8.66. The van der Waals surface area contributed by atoms with Crippen LogP contribution in [0.15, 0.2) is 18.2 Å². The molecule has 1 aromatic heterocycles. The fourth-order valence-corrected chi connectivity index (χ4v) is 3.07. The van der Waals surface area contributed by atoms with E-state index in [1.807, 2.05) is 0 Å². The molecule has 1 N–H and O–H groups in total. The van der Waals surface area contributed by atoms with Crippen LogP contribution in [0.3, 0.4) is 0 Å². The van der Waals surface area contributed by atoms with Crippen molar-refractivity contribution in [3.63, 3.8) is 0 Å². The second kappa shape index (κ2) is 7.61. The van der Waals surface area contributed by atoms with Gasteiger partial charge in [0.05, 0.1) is 14.3 Å². The zero-order valence-corrected chi connectivity index (χ0v) is 15.6. The first kappa shape index (κ1) is 16.8. The van der Waals surface area contributed by atoms with Gasteiger partial charge in [-0.1, -0.05) is 37.0 Å². The number of aromatic nitrogens is 2. The van der Waals surface area contributed by atoms with Crippen LogP contribution >= 0.6 is 45.8 Å². The Labute approximate surface area is 148 Å². The van der Waals surface area contributed by atoms with Crippen LogP contribution in [0.25, 0.3) is 11.4 Å². The molecule has 1 aromatic carbocycles. The van der Waals surface area contributed by atoms with Crippen molar-refractivity contribution >= 4 is 51.6 Å². The Morgan fingerprint density at radius 1 is 1.19 bits per heavy atom. The van der Waals surface area contributed by atoms with Gasteiger partial charge in [0.15, 0.2) is 5.82 Å². The minimum atomic E-state index is 0.601. The molecule has 2 aromatic rings. The topological polar surface area (TPSA) is 37.8 Å². The van der Waals surface area contributed by atoms with E-state index in [4.69, 9.17) is 23.2 Å². The van der Waals surface area contributed by atoms with Gasteiger partial charge in [0, 0.05) is 17.1 Å². The number of aryl methyl sites for hydroxylation is 1. The molecule has 1 heterocycles. The van der Waals surface area contributed by atoms with E-state index in [2.05, 4.69) is 51.7 Å². The Balaban J connectivity index is 2.55. The lowest BCUT2D eigenvalue weighted by molar-refractivity contribution is 0.943. The Kier molecular flexibility index (Phi) is 6.08. The smallest absolute Gasteiger partial charge is 0.163 e. The summed E-state index contributed by atoms with van der Waals surface area (Å²) in [7, 11) is 0. The molecule has 0 saturated carbocycles. The van der Waals surface area contributed by atoms with E-state index in [0.29, 0.717) is 15.9 Å². The van der Waals surface area contributed by atoms with Crippen LogP contribution in [-0.2, 0) is 6.42 Å². The number of hydrogen-bond acceptors (Lipinski definition) is 3. The number of rotatable bonds is 5. The van der Waals surface area contributed by atoms with Gasteiger partial charge in [-0.15, -0.1) is 0 Å². The Morgan fingerprint density at radius 3 is 2.62 bits per heavy atom. The maximum absolute atomic E-state index is 6.26. The summed E-state index contributed by atoms with van der Waals surface area (Å²) in [5, 5.41) is 4.57. The van der Waals surface area contributed by atoms with E-state index in [1.54, 1.807) is 18.2 Å². The summed E-state index contributed by atoms with van der Waals surface area (Å²) in [5.41, 5.74) is 1.77. The maximum Gasteiger partial charge on any atom is 0.163 e. The first-order chi connectivity index (χ1) is 10.1. The van der Waals surface area contributed by atoms with E-state index in [0.717, 1.165) is 40.0 Å². The number of halogens is 3. The molecule has 0 radical (unpaired) electrons. The highest BCUT2D eigenvalue weighted by Gasteiger charge is 2.14. The minimum absolute atomic E-state index is 0.601. The summed E-state index contributed by atoms with van der Waals surface area (Å²) in [6.45, 7) is 5.08. The summed E-state index contributed by atoms with van der Waals surface area (Å²) < 4.78 is 1.06. The van der Waals surface area contributed by atoms with E-state index >= 15 is 0 Å². The summed E-state index contributed by atoms with van der Waals surface area (Å²) in [5.74, 6) is 1.47. The quantitative estimate of drug-likeness (QED) is 0.635. The molecule has 0 aliphatic rings. The van der Waals surface area contributed by atoms with Crippen molar-refractivity contribution in [3.05, 3.63) is 37.5 Å². The highest BCUT2D eigenvalue weighted by Crippen LogP contribution is 2.31. The van der Waals surface area contributed by atoms with Crippen LogP contribution in [-0.4, -0.2) is 16.5 Å². The number of nitrogens with one attached hydrogen (secondary N) is 1. The standard InChI is InChI=1S/C15H16Cl2IN3/c1-3-7-19-15-13(18)12(4-2)20-14(21-15)10-8-9(16)5-6-11(10)17/h5-6,8H,3-4,7H2,1-2H3,(H,19,20,21). The second-order valence-electron chi connectivity index (χ2n) is 4.56. The minimum Gasteiger partial charge on any atom is -0.369 e. The van der Waals surface area contributed by atoms with Gasteiger partial charge in [0.2, 0.25) is 0 Å². The second-order valence-corrected chi connectivity index (χ2v) is 6.48. The lowest BCUT2D eigenvalue weighted by Crippen LogP contribution is -2.09. The van der Waals surface area contributed by atoms with E-state index in [-0.39, 0.29) is 0 Å². The fraction of sp³-hybridized carbons (Fsp3) is 0.333. The van der Waals surface area contributed by atoms with Gasteiger partial charge in [-0.05, 0) is 53.6 Å². The summed E-state index contributed by atoms with van der Waals surface area (Å²) in [6, 6.07) is 5.33. The predicted octanol–water partition coefficient (Wildman–Crippen LogP) is 5.44. The van der Waals surface area contributed by atoms with Crippen molar-refractivity contribution in [2.24, 2.45) is 0 Å². The van der Waals surface area contributed by atoms with Crippen LogP contribution in [0.2, 0.25) is 10.0 Å². The van der Waals surface area contributed by atoms with Crippen molar-refractivity contribution in [3.8, 4) is 11.4 Å². The predicted molar refractivity (Wildman–Crippen MR) is 98.4 cm³/mol. The molecular formula is C15H16Cl2IN3. The van der Waals surface area contributed by atoms with E-state index < -0.39 is 0 Å². The monoisotopic (exact) mass is 435 g/mol. The van der Waals surface area contributed by atoms with Crippen LogP contribution in [0.5, 0.6) is 0 Å². The third-order valence-corrected chi connectivity index (χ3v) is 4.66. The van der Waals surface area contributed by atoms with Gasteiger partial charge >= 0.3 is 0 Å². The maximum atomic E-state index is 6.26. The fourth-order valence-electron chi connectivity index (χ4n) is 1.88. The van der Waals surface area contributed by atoms with E-state index in [1.165, 1.54) is 0 Å². The molecule has 0 aliphatic heterocycles. The van der Waals surface area contributed by atoms with Gasteiger partial charge in [0.1, 0.15) is 5.82 Å². The van der Waals surface area contributed by atoms with Gasteiger partial charge in [-0.3, -0.25) is 0 Å². The molecule has 6 heteroatoms. The molecular weight excluding hydrogens is 420 g/mol. The Hall–Kier alpha value is -0.590. The first-order valence-electron chi connectivity index (χ1n) is 6.82. The van der Waals surface area contributed by atoms with Gasteiger partial charge < -0.3 is 5.32 Å². The van der Waals surface area contributed by atoms with Crippen LogP contribution < -0.4 is 5.32 Å². The largest absolute Gasteiger partial charge is 0.369 e. The molecule has 0 amide bonds. The van der Waals surface area contributed by atoms with Crippen molar-refractivity contribution in [1.82, 2.24) is 9.97 Å². The molecule has 0 saturated heterocycles. The highest BCUT2D eigenvalue weighted by molar-refractivity contribution is 14.1. The van der Waals surface area contributed by atoms with Crippen molar-refractivity contribution in [2.75, 3.05) is 11.9 Å². The third-order valence-electron chi connectivity index (χ3n) is 2.97. The number of anilines is 1. The molecule has 21 heavy (non-hydrogen) atoms. The molecule has 2 rings (SSSR count). The molecule has 0 aliphatic carbocycles. The lowest BCUT2D eigenvalue weighted by atomic mass is 10.2. The van der Waals surface area contributed by atoms with Crippen molar-refractivity contribution in [1.29, 1.82) is 0 Å². The zero-order valence-electron chi connectivity index (χ0n) is 11.9. The number of nitrogens with zero attached hydrogens (tertiary/aromatic N) is 2. The molecule has 0 unspecified atom stereocenters. The highest BCUT2D eigenvalue weighted by atomic mass is 127. The summed E-state index contributed by atoms with van der Waals surface area (Å²) in [6.07, 6.45) is 1.88.